The van der Waals surface area contributed by atoms with Crippen molar-refractivity contribution >= 4 is 10.9 Å². The van der Waals surface area contributed by atoms with Crippen molar-refractivity contribution in [2.45, 2.75) is 12.8 Å². The smallest absolute Gasteiger partial charge is 0.128 e. The normalized spacial score (nSPS) is 10.6. The van der Waals surface area contributed by atoms with Crippen LogP contribution in [0.2, 0.25) is 0 Å². The van der Waals surface area contributed by atoms with Gasteiger partial charge >= 0.3 is 0 Å². The molecule has 1 aromatic carbocycles. The Hall–Kier alpha value is -1.61. The monoisotopic (exact) mass is 230 g/mol. The first-order valence-electron chi connectivity index (χ1n) is 6.03. The van der Waals surface area contributed by atoms with Gasteiger partial charge in [-0.2, -0.15) is 0 Å². The molecule has 0 saturated carbocycles. The predicted octanol–water partition coefficient (Wildman–Crippen LogP) is 2.61. The van der Waals surface area contributed by atoms with Crippen LogP contribution >= 0.6 is 0 Å². The third-order valence-corrected chi connectivity index (χ3v) is 2.68. The number of ether oxygens (including phenoxy) is 1. The largest absolute Gasteiger partial charge is 0.493 e. The molecule has 17 heavy (non-hydrogen) atoms. The lowest BCUT2D eigenvalue weighted by molar-refractivity contribution is 0.310. The molecule has 1 aromatic heterocycles. The summed E-state index contributed by atoms with van der Waals surface area (Å²) in [5, 5.41) is 4.22. The number of rotatable bonds is 6. The fourth-order valence-corrected chi connectivity index (χ4v) is 1.79. The summed E-state index contributed by atoms with van der Waals surface area (Å²) in [6.07, 6.45) is 4.01. The number of hydrogen-bond donors (Lipinski definition) is 1. The van der Waals surface area contributed by atoms with E-state index in [1.54, 1.807) is 6.20 Å². The van der Waals surface area contributed by atoms with E-state index in [1.165, 1.54) is 0 Å². The van der Waals surface area contributed by atoms with E-state index in [0.29, 0.717) is 0 Å². The maximum absolute atomic E-state index is 5.80. The number of fused-ring (bicyclic) bond motifs is 1. The summed E-state index contributed by atoms with van der Waals surface area (Å²) in [5.41, 5.74) is 0.986. The molecule has 0 fully saturated rings. The highest BCUT2D eigenvalue weighted by Gasteiger charge is 2.01. The van der Waals surface area contributed by atoms with Crippen molar-refractivity contribution in [2.75, 3.05) is 20.2 Å². The summed E-state index contributed by atoms with van der Waals surface area (Å²) in [5.74, 6) is 0.931. The maximum Gasteiger partial charge on any atom is 0.128 e. The van der Waals surface area contributed by atoms with Gasteiger partial charge in [-0.1, -0.05) is 6.07 Å². The number of nitrogens with zero attached hydrogens (tertiary/aromatic N) is 1. The van der Waals surface area contributed by atoms with Crippen LogP contribution in [0.4, 0.5) is 0 Å². The molecular weight excluding hydrogens is 212 g/mol. The van der Waals surface area contributed by atoms with E-state index >= 15 is 0 Å². The van der Waals surface area contributed by atoms with Crippen LogP contribution in [0.3, 0.4) is 0 Å². The third-order valence-electron chi connectivity index (χ3n) is 2.68. The van der Waals surface area contributed by atoms with Crippen molar-refractivity contribution in [2.24, 2.45) is 0 Å². The first kappa shape index (κ1) is 11.9. The summed E-state index contributed by atoms with van der Waals surface area (Å²) in [6.45, 7) is 1.80. The predicted molar refractivity (Wildman–Crippen MR) is 70.4 cm³/mol. The molecular formula is C14H18N2O. The number of pyridine rings is 1. The molecule has 0 atom stereocenters. The second-order valence-corrected chi connectivity index (χ2v) is 3.99. The Morgan fingerprint density at radius 2 is 2.12 bits per heavy atom. The molecule has 3 nitrogen and oxygen atoms in total. The molecule has 3 heteroatoms. The average molecular weight is 230 g/mol. The Labute approximate surface area is 102 Å². The van der Waals surface area contributed by atoms with E-state index in [2.05, 4.69) is 10.3 Å². The van der Waals surface area contributed by atoms with Gasteiger partial charge in [0.25, 0.3) is 0 Å². The Morgan fingerprint density at radius 1 is 1.18 bits per heavy atom. The number of hydrogen-bond acceptors (Lipinski definition) is 3. The van der Waals surface area contributed by atoms with Crippen LogP contribution < -0.4 is 10.1 Å². The van der Waals surface area contributed by atoms with Gasteiger partial charge in [0.15, 0.2) is 0 Å². The zero-order chi connectivity index (χ0) is 11.9. The van der Waals surface area contributed by atoms with Gasteiger partial charge in [0.2, 0.25) is 0 Å². The zero-order valence-electron chi connectivity index (χ0n) is 10.1. The fraction of sp³-hybridized carbons (Fsp3) is 0.357. The van der Waals surface area contributed by atoms with E-state index < -0.39 is 0 Å². The Morgan fingerprint density at radius 3 is 3.00 bits per heavy atom. The second-order valence-electron chi connectivity index (χ2n) is 3.99. The van der Waals surface area contributed by atoms with Crippen molar-refractivity contribution < 1.29 is 4.74 Å². The van der Waals surface area contributed by atoms with E-state index in [-0.39, 0.29) is 0 Å². The fourth-order valence-electron chi connectivity index (χ4n) is 1.79. The van der Waals surface area contributed by atoms with Crippen LogP contribution in [0.1, 0.15) is 12.8 Å². The molecule has 0 saturated heterocycles. The highest BCUT2D eigenvalue weighted by Crippen LogP contribution is 2.23. The number of benzene rings is 1. The molecule has 2 aromatic rings. The summed E-state index contributed by atoms with van der Waals surface area (Å²) in [6, 6.07) is 9.98. The lowest BCUT2D eigenvalue weighted by Crippen LogP contribution is -2.09. The van der Waals surface area contributed by atoms with Crippen molar-refractivity contribution in [3.05, 3.63) is 36.5 Å². The number of unbranched alkanes of at least 4 members (excludes halogenated alkanes) is 1. The molecule has 0 aliphatic heterocycles. The zero-order valence-corrected chi connectivity index (χ0v) is 10.1. The maximum atomic E-state index is 5.80. The minimum Gasteiger partial charge on any atom is -0.493 e. The minimum absolute atomic E-state index is 0.760. The molecule has 0 bridgehead atoms. The summed E-state index contributed by atoms with van der Waals surface area (Å²) in [4.78, 5) is 4.31. The van der Waals surface area contributed by atoms with Gasteiger partial charge in [-0.15, -0.1) is 0 Å². The summed E-state index contributed by atoms with van der Waals surface area (Å²) in [7, 11) is 1.97. The molecule has 1 heterocycles. The van der Waals surface area contributed by atoms with Crippen molar-refractivity contribution in [1.82, 2.24) is 10.3 Å². The van der Waals surface area contributed by atoms with Crippen molar-refractivity contribution in [1.29, 1.82) is 0 Å². The molecule has 0 unspecified atom stereocenters. The second kappa shape index (κ2) is 6.21. The van der Waals surface area contributed by atoms with Crippen molar-refractivity contribution in [3.8, 4) is 5.75 Å². The Bertz CT molecular complexity index is 465. The minimum atomic E-state index is 0.760. The number of aromatic nitrogens is 1. The van der Waals surface area contributed by atoms with E-state index in [9.17, 15) is 0 Å². The van der Waals surface area contributed by atoms with Crippen LogP contribution in [-0.2, 0) is 0 Å². The van der Waals surface area contributed by atoms with Crippen LogP contribution in [0, 0.1) is 0 Å². The van der Waals surface area contributed by atoms with Crippen molar-refractivity contribution in [3.63, 3.8) is 0 Å². The molecule has 0 radical (unpaired) electrons. The van der Waals surface area contributed by atoms with Gasteiger partial charge in [-0.3, -0.25) is 4.98 Å². The van der Waals surface area contributed by atoms with Crippen LogP contribution in [0.25, 0.3) is 10.9 Å². The van der Waals surface area contributed by atoms with Crippen LogP contribution in [-0.4, -0.2) is 25.2 Å². The van der Waals surface area contributed by atoms with E-state index in [4.69, 9.17) is 4.74 Å². The SMILES string of the molecule is CNCCCCOc1cccc2ncccc12. The lowest BCUT2D eigenvalue weighted by atomic mass is 10.2. The third kappa shape index (κ3) is 3.17. The topological polar surface area (TPSA) is 34.1 Å². The Kier molecular flexibility index (Phi) is 4.33. The average Bonchev–Trinajstić information content (AvgIpc) is 2.39. The standard InChI is InChI=1S/C14H18N2O/c1-15-9-2-3-11-17-14-8-4-7-13-12(14)6-5-10-16-13/h4-8,10,15H,2-3,9,11H2,1H3. The van der Waals surface area contributed by atoms with E-state index in [1.807, 2.05) is 37.4 Å². The molecule has 2 rings (SSSR count). The lowest BCUT2D eigenvalue weighted by Gasteiger charge is -2.08. The molecule has 0 aliphatic carbocycles. The molecule has 0 amide bonds. The summed E-state index contributed by atoms with van der Waals surface area (Å²) >= 11 is 0. The van der Waals surface area contributed by atoms with E-state index in [0.717, 1.165) is 42.6 Å². The molecule has 1 N–H and O–H groups in total. The van der Waals surface area contributed by atoms with Gasteiger partial charge < -0.3 is 10.1 Å². The first-order valence-corrected chi connectivity index (χ1v) is 6.03. The molecule has 0 spiro atoms. The van der Waals surface area contributed by atoms with Gasteiger partial charge in [0.1, 0.15) is 5.75 Å². The first-order chi connectivity index (χ1) is 8.42. The van der Waals surface area contributed by atoms with Gasteiger partial charge in [-0.05, 0) is 50.7 Å². The summed E-state index contributed by atoms with van der Waals surface area (Å²) < 4.78 is 5.80. The van der Waals surface area contributed by atoms with Crippen LogP contribution in [0.15, 0.2) is 36.5 Å². The molecule has 90 valence electrons. The van der Waals surface area contributed by atoms with Gasteiger partial charge in [0.05, 0.1) is 12.1 Å². The number of nitrogens with one attached hydrogen (secondary N) is 1. The van der Waals surface area contributed by atoms with Gasteiger partial charge in [0, 0.05) is 11.6 Å². The highest BCUT2D eigenvalue weighted by atomic mass is 16.5. The van der Waals surface area contributed by atoms with Gasteiger partial charge in [-0.25, -0.2) is 0 Å². The Balaban J connectivity index is 1.98. The van der Waals surface area contributed by atoms with Crippen LogP contribution in [0.5, 0.6) is 5.75 Å². The molecule has 0 aliphatic rings. The quantitative estimate of drug-likeness (QED) is 0.775. The highest BCUT2D eigenvalue weighted by molar-refractivity contribution is 5.84.